The standard InChI is InChI=1S/C34H37NO5S/c1-15-13-19-22(34(7,8)11-10-33(19,5)6)31-20(15)16-9-12-35-24(30(16)41-31)18-14-17-21(23(25(18)36)32(2,3)4)27(38)29(40)28(39)26(17)37/h9,12-14,36-40H,10-11H2,1-8H3/i1D3. The Bertz CT molecular complexity index is 2050. The molecule has 41 heavy (non-hydrogen) atoms. The van der Waals surface area contributed by atoms with Crippen molar-refractivity contribution in [3.05, 3.63) is 46.6 Å². The Kier molecular flexibility index (Phi) is 4.91. The van der Waals surface area contributed by atoms with Crippen molar-refractivity contribution in [1.82, 2.24) is 4.98 Å². The molecule has 0 amide bonds. The lowest BCUT2D eigenvalue weighted by Gasteiger charge is -2.42. The summed E-state index contributed by atoms with van der Waals surface area (Å²) in [5.74, 6) is -3.27. The number of nitrogens with zero attached hydrogens (tertiary/aromatic N) is 1. The van der Waals surface area contributed by atoms with E-state index in [2.05, 4.69) is 32.7 Å². The van der Waals surface area contributed by atoms with Gasteiger partial charge in [-0.1, -0.05) is 54.5 Å². The summed E-state index contributed by atoms with van der Waals surface area (Å²) in [6.07, 6.45) is 3.44. The first kappa shape index (κ1) is 23.9. The second-order valence-corrected chi connectivity index (χ2v) is 14.7. The molecule has 0 aliphatic heterocycles. The van der Waals surface area contributed by atoms with Gasteiger partial charge in [0.1, 0.15) is 5.75 Å². The molecule has 0 radical (unpaired) electrons. The van der Waals surface area contributed by atoms with Gasteiger partial charge in [0.05, 0.1) is 10.4 Å². The van der Waals surface area contributed by atoms with E-state index in [9.17, 15) is 25.5 Å². The number of phenols is 5. The highest BCUT2D eigenvalue weighted by Gasteiger charge is 2.39. The molecule has 5 N–H and O–H groups in total. The van der Waals surface area contributed by atoms with E-state index in [-0.39, 0.29) is 44.0 Å². The summed E-state index contributed by atoms with van der Waals surface area (Å²) in [5, 5.41) is 55.8. The van der Waals surface area contributed by atoms with Gasteiger partial charge >= 0.3 is 0 Å². The third-order valence-corrected chi connectivity index (χ3v) is 10.1. The summed E-state index contributed by atoms with van der Waals surface area (Å²) in [6.45, 7) is 11.8. The number of hydrogen-bond donors (Lipinski definition) is 5. The molecule has 1 aliphatic carbocycles. The maximum absolute atomic E-state index is 11.9. The van der Waals surface area contributed by atoms with Gasteiger partial charge in [-0.05, 0) is 64.8 Å². The van der Waals surface area contributed by atoms with Crippen molar-refractivity contribution in [2.45, 2.75) is 84.4 Å². The van der Waals surface area contributed by atoms with Crippen molar-refractivity contribution in [3.63, 3.8) is 0 Å². The molecule has 5 aromatic rings. The van der Waals surface area contributed by atoms with Crippen molar-refractivity contribution in [1.29, 1.82) is 0 Å². The molecule has 0 unspecified atom stereocenters. The lowest BCUT2D eigenvalue weighted by atomic mass is 9.62. The van der Waals surface area contributed by atoms with Crippen molar-refractivity contribution < 1.29 is 29.6 Å². The zero-order valence-corrected chi connectivity index (χ0v) is 25.1. The van der Waals surface area contributed by atoms with Crippen molar-refractivity contribution in [3.8, 4) is 40.0 Å². The molecule has 2 heterocycles. The summed E-state index contributed by atoms with van der Waals surface area (Å²) in [4.78, 5) is 4.68. The molecular formula is C34H37NO5S. The average Bonchev–Trinajstić information content (AvgIpc) is 3.30. The summed E-state index contributed by atoms with van der Waals surface area (Å²) in [5.41, 5.74) is 2.08. The van der Waals surface area contributed by atoms with Gasteiger partial charge in [0, 0.05) is 47.7 Å². The van der Waals surface area contributed by atoms with E-state index in [1.54, 1.807) is 12.3 Å². The summed E-state index contributed by atoms with van der Waals surface area (Å²) in [6, 6.07) is 5.11. The van der Waals surface area contributed by atoms with E-state index >= 15 is 0 Å². The summed E-state index contributed by atoms with van der Waals surface area (Å²) >= 11 is 1.45. The van der Waals surface area contributed by atoms with Crippen LogP contribution in [0.5, 0.6) is 28.7 Å². The number of aryl methyl sites for hydroxylation is 1. The largest absolute Gasteiger partial charge is 0.507 e. The molecule has 0 saturated heterocycles. The third-order valence-electron chi connectivity index (χ3n) is 8.91. The molecule has 214 valence electrons. The number of aromatic hydroxyl groups is 5. The zero-order chi connectivity index (χ0) is 32.5. The highest BCUT2D eigenvalue weighted by molar-refractivity contribution is 7.26. The van der Waals surface area contributed by atoms with Crippen LogP contribution in [-0.2, 0) is 16.2 Å². The van der Waals surface area contributed by atoms with Crippen LogP contribution < -0.4 is 0 Å². The molecule has 0 bridgehead atoms. The monoisotopic (exact) mass is 574 g/mol. The maximum atomic E-state index is 11.9. The van der Waals surface area contributed by atoms with Gasteiger partial charge in [-0.3, -0.25) is 4.98 Å². The molecule has 6 rings (SSSR count). The number of thiophene rings is 1. The molecule has 2 aromatic heterocycles. The Labute approximate surface area is 247 Å². The molecule has 0 fully saturated rings. The van der Waals surface area contributed by atoms with Crippen molar-refractivity contribution >= 4 is 42.3 Å². The van der Waals surface area contributed by atoms with Gasteiger partial charge in [-0.25, -0.2) is 0 Å². The fraction of sp³-hybridized carbons (Fsp3) is 0.382. The molecule has 0 saturated carbocycles. The van der Waals surface area contributed by atoms with Crippen LogP contribution in [0.4, 0.5) is 0 Å². The zero-order valence-electron chi connectivity index (χ0n) is 27.3. The van der Waals surface area contributed by atoms with Crippen LogP contribution in [0.1, 0.15) is 87.7 Å². The van der Waals surface area contributed by atoms with Crippen LogP contribution >= 0.6 is 11.3 Å². The lowest BCUT2D eigenvalue weighted by molar-refractivity contribution is 0.334. The Morgan fingerprint density at radius 1 is 0.805 bits per heavy atom. The predicted octanol–water partition coefficient (Wildman–Crippen LogP) is 8.75. The lowest BCUT2D eigenvalue weighted by Crippen LogP contribution is -2.34. The van der Waals surface area contributed by atoms with Gasteiger partial charge in [0.2, 0.25) is 11.5 Å². The van der Waals surface area contributed by atoms with Crippen LogP contribution in [0, 0.1) is 6.85 Å². The molecule has 0 spiro atoms. The van der Waals surface area contributed by atoms with Gasteiger partial charge in [-0.2, -0.15) is 0 Å². The Morgan fingerprint density at radius 3 is 2.12 bits per heavy atom. The van der Waals surface area contributed by atoms with Crippen LogP contribution in [0.15, 0.2) is 24.4 Å². The second-order valence-electron chi connectivity index (χ2n) is 13.7. The van der Waals surface area contributed by atoms with Crippen LogP contribution in [-0.4, -0.2) is 30.5 Å². The number of benzene rings is 3. The molecule has 3 aromatic carbocycles. The summed E-state index contributed by atoms with van der Waals surface area (Å²) < 4.78 is 27.1. The number of hydrogen-bond acceptors (Lipinski definition) is 7. The van der Waals surface area contributed by atoms with Gasteiger partial charge in [0.15, 0.2) is 11.5 Å². The Hall–Kier alpha value is -3.71. The predicted molar refractivity (Wildman–Crippen MR) is 167 cm³/mol. The van der Waals surface area contributed by atoms with Gasteiger partial charge in [-0.15, -0.1) is 11.3 Å². The first-order chi connectivity index (χ1) is 20.2. The average molecular weight is 575 g/mol. The second kappa shape index (κ2) is 8.41. The molecule has 1 aliphatic rings. The minimum absolute atomic E-state index is 0.0119. The topological polar surface area (TPSA) is 114 Å². The first-order valence-electron chi connectivity index (χ1n) is 15.2. The fourth-order valence-electron chi connectivity index (χ4n) is 6.65. The number of pyridine rings is 1. The van der Waals surface area contributed by atoms with E-state index in [1.807, 2.05) is 26.8 Å². The van der Waals surface area contributed by atoms with E-state index in [0.29, 0.717) is 21.2 Å². The normalized spacial score (nSPS) is 17.9. The highest BCUT2D eigenvalue weighted by Crippen LogP contribution is 2.57. The minimum atomic E-state index is -2.38. The number of fused-ring (bicyclic) bond motifs is 6. The fourth-order valence-corrected chi connectivity index (χ4v) is 8.20. The van der Waals surface area contributed by atoms with Gasteiger partial charge in [0.25, 0.3) is 0 Å². The smallest absolute Gasteiger partial charge is 0.204 e. The molecule has 6 nitrogen and oxygen atoms in total. The SMILES string of the molecule is [2H]C([2H])([2H])c1cc2c(c3sc4c(-c5cc6c(O)c(O)c(O)c(O)c6c(C(C)(C)C)c5O)nccc4c13)C(C)(C)CCC2(C)C. The van der Waals surface area contributed by atoms with Crippen LogP contribution in [0.2, 0.25) is 0 Å². The quantitative estimate of drug-likeness (QED) is 0.101. The number of phenolic OH excluding ortho intramolecular Hbond substituents is 5. The van der Waals surface area contributed by atoms with E-state index in [0.717, 1.165) is 28.7 Å². The molecule has 7 heteroatoms. The Balaban J connectivity index is 1.82. The van der Waals surface area contributed by atoms with Crippen molar-refractivity contribution in [2.24, 2.45) is 0 Å². The number of rotatable bonds is 1. The minimum Gasteiger partial charge on any atom is -0.507 e. The maximum Gasteiger partial charge on any atom is 0.204 e. The van der Waals surface area contributed by atoms with Gasteiger partial charge < -0.3 is 25.5 Å². The van der Waals surface area contributed by atoms with Crippen LogP contribution in [0.3, 0.4) is 0 Å². The first-order valence-corrected chi connectivity index (χ1v) is 14.6. The highest BCUT2D eigenvalue weighted by atomic mass is 32.1. The van der Waals surface area contributed by atoms with Crippen LogP contribution in [0.25, 0.3) is 42.2 Å². The van der Waals surface area contributed by atoms with E-state index in [4.69, 9.17) is 4.11 Å². The molecular weight excluding hydrogens is 534 g/mol. The summed E-state index contributed by atoms with van der Waals surface area (Å²) in [7, 11) is 0. The number of aromatic nitrogens is 1. The van der Waals surface area contributed by atoms with E-state index < -0.39 is 35.3 Å². The van der Waals surface area contributed by atoms with Crippen molar-refractivity contribution in [2.75, 3.05) is 0 Å². The third kappa shape index (κ3) is 3.71. The molecule has 0 atom stereocenters. The Morgan fingerprint density at radius 2 is 1.46 bits per heavy atom. The van der Waals surface area contributed by atoms with E-state index in [1.165, 1.54) is 17.4 Å².